The maximum atomic E-state index is 6.08. The molecule has 0 spiro atoms. The minimum atomic E-state index is 0.415. The monoisotopic (exact) mass is 433 g/mol. The van der Waals surface area contributed by atoms with Crippen LogP contribution in [0.25, 0.3) is 10.3 Å². The van der Waals surface area contributed by atoms with E-state index in [9.17, 15) is 0 Å². The summed E-state index contributed by atoms with van der Waals surface area (Å²) in [5.41, 5.74) is 0.654. The van der Waals surface area contributed by atoms with Gasteiger partial charge in [0.1, 0.15) is 12.1 Å². The minimum absolute atomic E-state index is 0.415. The molecule has 8 heteroatoms. The molecule has 0 saturated heterocycles. The predicted molar refractivity (Wildman–Crippen MR) is 86.9 cm³/mol. The van der Waals surface area contributed by atoms with Crippen LogP contribution in [0.5, 0.6) is 11.6 Å². The summed E-state index contributed by atoms with van der Waals surface area (Å²) in [7, 11) is 0. The highest BCUT2D eigenvalue weighted by Crippen LogP contribution is 2.37. The van der Waals surface area contributed by atoms with Crippen molar-refractivity contribution < 1.29 is 4.74 Å². The van der Waals surface area contributed by atoms with Gasteiger partial charge in [0, 0.05) is 10.5 Å². The fourth-order valence-corrected chi connectivity index (χ4v) is 3.57. The Hall–Kier alpha value is -0.760. The van der Waals surface area contributed by atoms with Gasteiger partial charge in [-0.3, -0.25) is 0 Å². The van der Waals surface area contributed by atoms with Gasteiger partial charge < -0.3 is 4.74 Å². The van der Waals surface area contributed by atoms with Gasteiger partial charge in [-0.2, -0.15) is 4.98 Å². The molecule has 1 aromatic carbocycles. The van der Waals surface area contributed by atoms with Crippen LogP contribution in [0, 0.1) is 6.92 Å². The van der Waals surface area contributed by atoms with Gasteiger partial charge in [-0.05, 0) is 44.8 Å². The number of hydrogen-bond acceptors (Lipinski definition) is 5. The summed E-state index contributed by atoms with van der Waals surface area (Å²) < 4.78 is 7.37. The second kappa shape index (κ2) is 5.55. The number of aryl methyl sites for hydroxylation is 1. The second-order valence-corrected chi connectivity index (χ2v) is 7.16. The molecular formula is C12H6Br2ClN3OS. The number of rotatable bonds is 2. The highest BCUT2D eigenvalue weighted by Gasteiger charge is 2.13. The Morgan fingerprint density at radius 1 is 1.20 bits per heavy atom. The summed E-state index contributed by atoms with van der Waals surface area (Å²) in [4.78, 5) is 13.5. The zero-order chi connectivity index (χ0) is 14.3. The molecule has 0 atom stereocenters. The quantitative estimate of drug-likeness (QED) is 0.508. The highest BCUT2D eigenvalue weighted by atomic mass is 79.9. The predicted octanol–water partition coefficient (Wildman–Crippen LogP) is 5.37. The van der Waals surface area contributed by atoms with E-state index in [1.807, 2.05) is 13.0 Å². The maximum absolute atomic E-state index is 6.08. The molecule has 0 aliphatic carbocycles. The summed E-state index contributed by atoms with van der Waals surface area (Å²) in [6.45, 7) is 1.92. The average Bonchev–Trinajstić information content (AvgIpc) is 2.77. The van der Waals surface area contributed by atoms with E-state index in [1.54, 1.807) is 6.07 Å². The summed E-state index contributed by atoms with van der Waals surface area (Å²) in [6.07, 6.45) is 1.46. The molecule has 0 amide bonds. The van der Waals surface area contributed by atoms with Crippen LogP contribution in [-0.2, 0) is 0 Å². The van der Waals surface area contributed by atoms with Crippen LogP contribution in [0.4, 0.5) is 0 Å². The number of thiazole rings is 1. The number of ether oxygens (including phenoxy) is 1. The fraction of sp³-hybridized carbons (Fsp3) is 0.0833. The van der Waals surface area contributed by atoms with Crippen molar-refractivity contribution in [2.45, 2.75) is 6.92 Å². The van der Waals surface area contributed by atoms with Crippen molar-refractivity contribution in [3.63, 3.8) is 0 Å². The first-order valence-electron chi connectivity index (χ1n) is 5.45. The smallest absolute Gasteiger partial charge is 0.250 e. The molecule has 0 saturated carbocycles. The molecule has 0 aliphatic heterocycles. The van der Waals surface area contributed by atoms with Crippen molar-refractivity contribution in [1.29, 1.82) is 0 Å². The third-order valence-electron chi connectivity index (χ3n) is 2.45. The number of nitrogens with zero attached hydrogens (tertiary/aromatic N) is 3. The van der Waals surface area contributed by atoms with Gasteiger partial charge in [0.15, 0.2) is 10.3 Å². The number of fused-ring (bicyclic) bond motifs is 1. The summed E-state index contributed by atoms with van der Waals surface area (Å²) in [5.74, 6) is 0.988. The topological polar surface area (TPSA) is 47.9 Å². The van der Waals surface area contributed by atoms with Gasteiger partial charge in [0.25, 0.3) is 0 Å². The van der Waals surface area contributed by atoms with Crippen molar-refractivity contribution in [3.8, 4) is 11.6 Å². The standard InChI is InChI=1S/C12H6Br2ClN3OS/c1-5-18-10-11(16-4-17-12(10)20-5)19-9-3-8(15)6(13)2-7(9)14/h2-4H,1H3. The second-order valence-electron chi connectivity index (χ2n) is 3.86. The van der Waals surface area contributed by atoms with Crippen molar-refractivity contribution in [2.24, 2.45) is 0 Å². The van der Waals surface area contributed by atoms with E-state index in [1.165, 1.54) is 17.7 Å². The molecular weight excluding hydrogens is 429 g/mol. The highest BCUT2D eigenvalue weighted by molar-refractivity contribution is 9.11. The SMILES string of the molecule is Cc1nc2c(Oc3cc(Cl)c(Br)cc3Br)ncnc2s1. The molecule has 0 unspecified atom stereocenters. The Kier molecular flexibility index (Phi) is 3.94. The van der Waals surface area contributed by atoms with E-state index in [0.717, 1.165) is 18.8 Å². The molecule has 3 rings (SSSR count). The minimum Gasteiger partial charge on any atom is -0.436 e. The Morgan fingerprint density at radius 2 is 2.00 bits per heavy atom. The fourth-order valence-electron chi connectivity index (χ4n) is 1.60. The van der Waals surface area contributed by atoms with Crippen molar-refractivity contribution in [2.75, 3.05) is 0 Å². The molecule has 0 bridgehead atoms. The van der Waals surface area contributed by atoms with Crippen LogP contribution in [-0.4, -0.2) is 15.0 Å². The van der Waals surface area contributed by atoms with Crippen molar-refractivity contribution in [3.05, 3.63) is 37.4 Å². The van der Waals surface area contributed by atoms with Gasteiger partial charge in [-0.1, -0.05) is 22.9 Å². The first kappa shape index (κ1) is 14.2. The first-order valence-corrected chi connectivity index (χ1v) is 8.23. The number of benzene rings is 1. The zero-order valence-electron chi connectivity index (χ0n) is 10.0. The molecule has 102 valence electrons. The Bertz CT molecular complexity index is 809. The molecule has 2 heterocycles. The van der Waals surface area contributed by atoms with E-state index in [2.05, 4.69) is 46.8 Å². The normalized spacial score (nSPS) is 11.0. The summed E-state index contributed by atoms with van der Waals surface area (Å²) in [6, 6.07) is 3.53. The third-order valence-corrected chi connectivity index (χ3v) is 5.15. The first-order chi connectivity index (χ1) is 9.54. The Labute approximate surface area is 140 Å². The summed E-state index contributed by atoms with van der Waals surface area (Å²) in [5, 5.41) is 1.47. The molecule has 0 aliphatic rings. The van der Waals surface area contributed by atoms with E-state index >= 15 is 0 Å². The van der Waals surface area contributed by atoms with Crippen molar-refractivity contribution >= 4 is 65.1 Å². The Balaban J connectivity index is 2.07. The van der Waals surface area contributed by atoms with Crippen LogP contribution in [0.15, 0.2) is 27.4 Å². The lowest BCUT2D eigenvalue weighted by atomic mass is 10.3. The largest absolute Gasteiger partial charge is 0.436 e. The molecule has 20 heavy (non-hydrogen) atoms. The maximum Gasteiger partial charge on any atom is 0.250 e. The molecule has 3 aromatic rings. The van der Waals surface area contributed by atoms with Crippen LogP contribution in [0.3, 0.4) is 0 Å². The average molecular weight is 436 g/mol. The molecule has 4 nitrogen and oxygen atoms in total. The van der Waals surface area contributed by atoms with E-state index in [-0.39, 0.29) is 0 Å². The van der Waals surface area contributed by atoms with E-state index in [4.69, 9.17) is 16.3 Å². The third kappa shape index (κ3) is 2.67. The molecule has 0 N–H and O–H groups in total. The van der Waals surface area contributed by atoms with Gasteiger partial charge in [-0.25, -0.2) is 9.97 Å². The van der Waals surface area contributed by atoms with E-state index < -0.39 is 0 Å². The zero-order valence-corrected chi connectivity index (χ0v) is 14.8. The van der Waals surface area contributed by atoms with Gasteiger partial charge >= 0.3 is 0 Å². The van der Waals surface area contributed by atoms with Crippen LogP contribution in [0.1, 0.15) is 5.01 Å². The number of aromatic nitrogens is 3. The van der Waals surface area contributed by atoms with E-state index in [0.29, 0.717) is 22.2 Å². The number of halogens is 3. The molecule has 0 radical (unpaired) electrons. The lowest BCUT2D eigenvalue weighted by molar-refractivity contribution is 0.464. The van der Waals surface area contributed by atoms with Gasteiger partial charge in [0.2, 0.25) is 5.88 Å². The van der Waals surface area contributed by atoms with Crippen LogP contribution < -0.4 is 4.74 Å². The number of hydrogen-bond donors (Lipinski definition) is 0. The molecule has 2 aromatic heterocycles. The van der Waals surface area contributed by atoms with Crippen LogP contribution >= 0.6 is 54.8 Å². The Morgan fingerprint density at radius 3 is 2.80 bits per heavy atom. The van der Waals surface area contributed by atoms with Gasteiger partial charge in [0.05, 0.1) is 14.5 Å². The molecule has 0 fully saturated rings. The van der Waals surface area contributed by atoms with Crippen LogP contribution in [0.2, 0.25) is 5.02 Å². The summed E-state index contributed by atoms with van der Waals surface area (Å²) >= 11 is 14.4. The van der Waals surface area contributed by atoms with Crippen molar-refractivity contribution in [1.82, 2.24) is 15.0 Å². The lowest BCUT2D eigenvalue weighted by Gasteiger charge is -2.08. The van der Waals surface area contributed by atoms with Gasteiger partial charge in [-0.15, -0.1) is 0 Å². The lowest BCUT2D eigenvalue weighted by Crippen LogP contribution is -1.91.